The minimum absolute atomic E-state index is 0.0817. The van der Waals surface area contributed by atoms with Gasteiger partial charge in [0.25, 0.3) is 0 Å². The van der Waals surface area contributed by atoms with Crippen molar-refractivity contribution in [3.8, 4) is 0 Å². The van der Waals surface area contributed by atoms with Crippen LogP contribution in [0.15, 0.2) is 84.4 Å². The maximum atomic E-state index is 12.6. The molecule has 6 nitrogen and oxygen atoms in total. The van der Waals surface area contributed by atoms with E-state index in [9.17, 15) is 4.79 Å². The fourth-order valence-corrected chi connectivity index (χ4v) is 3.64. The molecule has 29 heavy (non-hydrogen) atoms. The maximum Gasteiger partial charge on any atom is 0.323 e. The summed E-state index contributed by atoms with van der Waals surface area (Å²) in [5.74, 6) is 0.718. The summed E-state index contributed by atoms with van der Waals surface area (Å²) >= 11 is 0. The molecule has 1 N–H and O–H groups in total. The highest BCUT2D eigenvalue weighted by atomic mass is 16.2. The first-order chi connectivity index (χ1) is 14.2. The molecule has 0 saturated carbocycles. The molecule has 1 aliphatic heterocycles. The number of carbonyl (C=O) groups excluding carboxylic acids is 1. The molecule has 1 fully saturated rings. The molecular formula is C23H25N5O. The number of hydrogen-bond donors (Lipinski definition) is 1. The molecule has 3 aromatic rings. The molecule has 1 aromatic heterocycles. The number of aromatic nitrogens is 2. The number of benzene rings is 2. The highest BCUT2D eigenvalue weighted by Gasteiger charge is 2.33. The molecule has 2 amide bonds. The van der Waals surface area contributed by atoms with E-state index in [0.29, 0.717) is 6.54 Å². The van der Waals surface area contributed by atoms with Crippen LogP contribution in [0.2, 0.25) is 0 Å². The third-order valence-electron chi connectivity index (χ3n) is 5.23. The van der Waals surface area contributed by atoms with Crippen molar-refractivity contribution in [1.82, 2.24) is 19.8 Å². The molecule has 0 spiro atoms. The summed E-state index contributed by atoms with van der Waals surface area (Å²) in [5.41, 5.74) is 2.21. The van der Waals surface area contributed by atoms with Crippen LogP contribution in [0.5, 0.6) is 0 Å². The van der Waals surface area contributed by atoms with Gasteiger partial charge >= 0.3 is 6.03 Å². The summed E-state index contributed by atoms with van der Waals surface area (Å²) < 4.78 is 2.02. The van der Waals surface area contributed by atoms with E-state index in [4.69, 9.17) is 4.99 Å². The third kappa shape index (κ3) is 4.37. The monoisotopic (exact) mass is 387 g/mol. The van der Waals surface area contributed by atoms with Crippen molar-refractivity contribution >= 4 is 11.9 Å². The highest BCUT2D eigenvalue weighted by Crippen LogP contribution is 2.27. The number of rotatable bonds is 7. The third-order valence-corrected chi connectivity index (χ3v) is 5.23. The van der Waals surface area contributed by atoms with Crippen molar-refractivity contribution in [3.05, 3.63) is 90.5 Å². The van der Waals surface area contributed by atoms with E-state index in [0.717, 1.165) is 29.9 Å². The summed E-state index contributed by atoms with van der Waals surface area (Å²) in [5, 5.41) is 2.99. The van der Waals surface area contributed by atoms with Crippen molar-refractivity contribution in [3.63, 3.8) is 0 Å². The van der Waals surface area contributed by atoms with E-state index in [-0.39, 0.29) is 18.1 Å². The lowest BCUT2D eigenvalue weighted by atomic mass is 9.99. The van der Waals surface area contributed by atoms with Gasteiger partial charge in [-0.2, -0.15) is 0 Å². The second-order valence-electron chi connectivity index (χ2n) is 7.19. The van der Waals surface area contributed by atoms with Gasteiger partial charge in [-0.05, 0) is 24.5 Å². The number of urea groups is 1. The van der Waals surface area contributed by atoms with E-state index in [2.05, 4.69) is 34.6 Å². The number of imidazole rings is 1. The van der Waals surface area contributed by atoms with Crippen molar-refractivity contribution in [1.29, 1.82) is 0 Å². The topological polar surface area (TPSA) is 62.5 Å². The SMILES string of the molecule is CC1/C(=N\C(c2ccccc2)c2ccccc2)NC(=O)N1CCCn1ccnc1. The second kappa shape index (κ2) is 8.73. The smallest absolute Gasteiger partial charge is 0.323 e. The molecule has 2 heterocycles. The van der Waals surface area contributed by atoms with Gasteiger partial charge in [-0.1, -0.05) is 60.7 Å². The number of aryl methyl sites for hydroxylation is 1. The lowest BCUT2D eigenvalue weighted by Gasteiger charge is -2.20. The number of amidine groups is 1. The van der Waals surface area contributed by atoms with Gasteiger partial charge in [0.1, 0.15) is 11.9 Å². The Morgan fingerprint density at radius 2 is 1.69 bits per heavy atom. The quantitative estimate of drug-likeness (QED) is 0.669. The summed E-state index contributed by atoms with van der Waals surface area (Å²) in [6, 6.07) is 20.1. The largest absolute Gasteiger partial charge is 0.337 e. The Labute approximate surface area is 170 Å². The minimum atomic E-state index is -0.152. The zero-order chi connectivity index (χ0) is 20.1. The van der Waals surface area contributed by atoms with Crippen LogP contribution in [-0.2, 0) is 6.54 Å². The summed E-state index contributed by atoms with van der Waals surface area (Å²) in [4.78, 5) is 23.4. The molecule has 1 unspecified atom stereocenters. The number of carbonyl (C=O) groups is 1. The fourth-order valence-electron chi connectivity index (χ4n) is 3.64. The van der Waals surface area contributed by atoms with E-state index in [1.54, 1.807) is 12.5 Å². The van der Waals surface area contributed by atoms with E-state index in [1.807, 2.05) is 59.0 Å². The van der Waals surface area contributed by atoms with Gasteiger partial charge in [0, 0.05) is 25.5 Å². The van der Waals surface area contributed by atoms with Gasteiger partial charge in [0.2, 0.25) is 0 Å². The fraction of sp³-hybridized carbons (Fsp3) is 0.261. The Morgan fingerprint density at radius 1 is 1.03 bits per heavy atom. The molecule has 2 aromatic carbocycles. The normalized spacial score (nSPS) is 17.9. The van der Waals surface area contributed by atoms with Gasteiger partial charge in [0.05, 0.1) is 12.4 Å². The van der Waals surface area contributed by atoms with Gasteiger partial charge in [-0.15, -0.1) is 0 Å². The molecule has 0 radical (unpaired) electrons. The lowest BCUT2D eigenvalue weighted by molar-refractivity contribution is 0.206. The maximum absolute atomic E-state index is 12.6. The molecule has 1 saturated heterocycles. The van der Waals surface area contributed by atoms with Gasteiger partial charge in [-0.25, -0.2) is 9.78 Å². The molecule has 4 rings (SSSR count). The number of nitrogens with one attached hydrogen (secondary N) is 1. The number of nitrogens with zero attached hydrogens (tertiary/aromatic N) is 4. The molecule has 1 atom stereocenters. The van der Waals surface area contributed by atoms with Crippen molar-refractivity contribution < 1.29 is 4.79 Å². The van der Waals surface area contributed by atoms with Crippen LogP contribution in [0.4, 0.5) is 4.79 Å². The van der Waals surface area contributed by atoms with Crippen LogP contribution in [0.3, 0.4) is 0 Å². The number of hydrogen-bond acceptors (Lipinski definition) is 3. The predicted octanol–water partition coefficient (Wildman–Crippen LogP) is 3.88. The zero-order valence-corrected chi connectivity index (χ0v) is 16.5. The Balaban J connectivity index is 1.52. The summed E-state index contributed by atoms with van der Waals surface area (Å²) in [6.07, 6.45) is 6.36. The van der Waals surface area contributed by atoms with Crippen molar-refractivity contribution in [2.45, 2.75) is 32.0 Å². The van der Waals surface area contributed by atoms with Crippen LogP contribution in [0.25, 0.3) is 0 Å². The average molecular weight is 387 g/mol. The van der Waals surface area contributed by atoms with Gasteiger partial charge in [0.15, 0.2) is 0 Å². The minimum Gasteiger partial charge on any atom is -0.337 e. The van der Waals surface area contributed by atoms with E-state index >= 15 is 0 Å². The average Bonchev–Trinajstić information content (AvgIpc) is 3.37. The molecule has 1 aliphatic rings. The van der Waals surface area contributed by atoms with E-state index < -0.39 is 0 Å². The Bertz CT molecular complexity index is 914. The van der Waals surface area contributed by atoms with Crippen LogP contribution in [0.1, 0.15) is 30.5 Å². The summed E-state index contributed by atoms with van der Waals surface area (Å²) in [7, 11) is 0. The molecule has 148 valence electrons. The number of amides is 2. The van der Waals surface area contributed by atoms with E-state index in [1.165, 1.54) is 0 Å². The Morgan fingerprint density at radius 3 is 2.28 bits per heavy atom. The van der Waals surface area contributed by atoms with Crippen LogP contribution in [0, 0.1) is 0 Å². The second-order valence-corrected chi connectivity index (χ2v) is 7.19. The van der Waals surface area contributed by atoms with Gasteiger partial charge < -0.3 is 9.47 Å². The molecule has 0 bridgehead atoms. The standard InChI is InChI=1S/C23H25N5O/c1-18-22(26-23(29)28(18)15-8-14-27-16-13-24-17-27)25-21(19-9-4-2-5-10-19)20-11-6-3-7-12-20/h2-7,9-13,16-18,21H,8,14-15H2,1H3,(H,25,26,29). The predicted molar refractivity (Wildman–Crippen MR) is 114 cm³/mol. The summed E-state index contributed by atoms with van der Waals surface area (Å²) in [6.45, 7) is 3.53. The van der Waals surface area contributed by atoms with Gasteiger partial charge in [-0.3, -0.25) is 10.3 Å². The highest BCUT2D eigenvalue weighted by molar-refractivity contribution is 6.07. The lowest BCUT2D eigenvalue weighted by Crippen LogP contribution is -2.34. The van der Waals surface area contributed by atoms with Crippen LogP contribution < -0.4 is 5.32 Å². The van der Waals surface area contributed by atoms with Crippen LogP contribution >= 0.6 is 0 Å². The Hall–Kier alpha value is -3.41. The van der Waals surface area contributed by atoms with Crippen molar-refractivity contribution in [2.75, 3.05) is 6.54 Å². The molecular weight excluding hydrogens is 362 g/mol. The molecule has 0 aliphatic carbocycles. The first-order valence-electron chi connectivity index (χ1n) is 9.93. The first-order valence-corrected chi connectivity index (χ1v) is 9.93. The Kier molecular flexibility index (Phi) is 5.70. The van der Waals surface area contributed by atoms with Crippen LogP contribution in [-0.4, -0.2) is 38.9 Å². The number of aliphatic imine (C=N–C) groups is 1. The molecule has 6 heteroatoms. The van der Waals surface area contributed by atoms with Crippen molar-refractivity contribution in [2.24, 2.45) is 4.99 Å². The first kappa shape index (κ1) is 18.9. The zero-order valence-electron chi connectivity index (χ0n) is 16.5.